The lowest BCUT2D eigenvalue weighted by atomic mass is 10.2. The fourth-order valence-electron chi connectivity index (χ4n) is 2.86. The van der Waals surface area contributed by atoms with E-state index < -0.39 is 17.2 Å². The van der Waals surface area contributed by atoms with Crippen LogP contribution in [0, 0.1) is 0 Å². The number of aromatic nitrogens is 4. The van der Waals surface area contributed by atoms with Gasteiger partial charge in [0.05, 0.1) is 0 Å². The van der Waals surface area contributed by atoms with Crippen LogP contribution in [-0.2, 0) is 34.5 Å². The number of carbonyl (C=O) groups is 3. The van der Waals surface area contributed by atoms with Gasteiger partial charge < -0.3 is 10.1 Å². The molecule has 1 aliphatic rings. The molecule has 0 bridgehead atoms. The number of nitrogens with zero attached hydrogens (tertiary/aromatic N) is 4. The van der Waals surface area contributed by atoms with Gasteiger partial charge in [-0.05, 0) is 6.42 Å². The van der Waals surface area contributed by atoms with Gasteiger partial charge in [-0.2, -0.15) is 0 Å². The summed E-state index contributed by atoms with van der Waals surface area (Å²) in [6.07, 6.45) is 0.703. The Morgan fingerprint density at radius 1 is 1.19 bits per heavy atom. The van der Waals surface area contributed by atoms with E-state index in [2.05, 4.69) is 9.97 Å². The molecule has 2 aromatic rings. The highest BCUT2D eigenvalue weighted by atomic mass is 16.4. The zero-order valence-corrected chi connectivity index (χ0v) is 14.0. The van der Waals surface area contributed by atoms with Crippen LogP contribution < -0.4 is 11.2 Å². The summed E-state index contributed by atoms with van der Waals surface area (Å²) in [7, 11) is 1.29. The van der Waals surface area contributed by atoms with Gasteiger partial charge in [-0.15, -0.1) is 0 Å². The molecule has 26 heavy (non-hydrogen) atoms. The number of imide groups is 1. The van der Waals surface area contributed by atoms with Crippen molar-refractivity contribution in [3.05, 3.63) is 26.7 Å². The molecule has 3 rings (SSSR count). The van der Waals surface area contributed by atoms with E-state index in [1.807, 2.05) is 0 Å². The van der Waals surface area contributed by atoms with Crippen molar-refractivity contribution >= 4 is 28.9 Å². The third-order valence-corrected chi connectivity index (χ3v) is 4.27. The number of aromatic amines is 1. The lowest BCUT2D eigenvalue weighted by molar-refractivity contribution is -0.140. The molecule has 1 saturated heterocycles. The maximum absolute atomic E-state index is 12.5. The highest BCUT2D eigenvalue weighted by Gasteiger charge is 2.30. The SMILES string of the molecule is Cn1c(=O)c2[nH]c(CCCC(=O)O)nc2n(CN2C(=O)CCC2=O)c1=O. The first-order chi connectivity index (χ1) is 12.3. The van der Waals surface area contributed by atoms with Crippen LogP contribution in [-0.4, -0.2) is 46.9 Å². The largest absolute Gasteiger partial charge is 0.481 e. The number of aliphatic carboxylic acids is 1. The molecule has 1 aliphatic heterocycles. The standard InChI is InChI=1S/C15H17N5O6/c1-18-14(25)12-13(17-8(16-12)3-2-4-11(23)24)20(15(18)26)7-19-9(21)5-6-10(19)22/h2-7H2,1H3,(H,16,17)(H,23,24). The molecule has 11 heteroatoms. The second-order valence-electron chi connectivity index (χ2n) is 6.06. The van der Waals surface area contributed by atoms with Gasteiger partial charge in [0.2, 0.25) is 11.8 Å². The second kappa shape index (κ2) is 6.58. The Kier molecular flexibility index (Phi) is 4.45. The number of carboxylic acid groups (broad SMARTS) is 1. The summed E-state index contributed by atoms with van der Waals surface area (Å²) in [5.74, 6) is -1.36. The Morgan fingerprint density at radius 3 is 2.46 bits per heavy atom. The van der Waals surface area contributed by atoms with Gasteiger partial charge in [0.25, 0.3) is 5.56 Å². The summed E-state index contributed by atoms with van der Waals surface area (Å²) in [4.78, 5) is 67.0. The van der Waals surface area contributed by atoms with Gasteiger partial charge in [-0.1, -0.05) is 0 Å². The highest BCUT2D eigenvalue weighted by molar-refractivity contribution is 6.01. The lowest BCUT2D eigenvalue weighted by Crippen LogP contribution is -2.43. The Morgan fingerprint density at radius 2 is 1.85 bits per heavy atom. The van der Waals surface area contributed by atoms with Gasteiger partial charge in [-0.25, -0.2) is 9.78 Å². The fourth-order valence-corrected chi connectivity index (χ4v) is 2.86. The van der Waals surface area contributed by atoms with Crippen molar-refractivity contribution in [2.45, 2.75) is 38.8 Å². The average Bonchev–Trinajstić information content (AvgIpc) is 3.14. The number of likely N-dealkylation sites (tertiary alicyclic amines) is 1. The molecule has 2 amide bonds. The molecular weight excluding hydrogens is 346 g/mol. The molecule has 138 valence electrons. The zero-order chi connectivity index (χ0) is 19.0. The van der Waals surface area contributed by atoms with Crippen LogP contribution in [0.5, 0.6) is 0 Å². The predicted octanol–water partition coefficient (Wildman–Crippen LogP) is -1.06. The average molecular weight is 363 g/mol. The molecule has 0 aromatic carbocycles. The minimum Gasteiger partial charge on any atom is -0.481 e. The second-order valence-corrected chi connectivity index (χ2v) is 6.06. The number of imidazole rings is 1. The van der Waals surface area contributed by atoms with Crippen LogP contribution in [0.15, 0.2) is 9.59 Å². The number of H-pyrrole nitrogens is 1. The molecule has 0 aliphatic carbocycles. The maximum atomic E-state index is 12.5. The Balaban J connectivity index is 2.03. The predicted molar refractivity (Wildman–Crippen MR) is 87.3 cm³/mol. The van der Waals surface area contributed by atoms with Gasteiger partial charge >= 0.3 is 11.7 Å². The van der Waals surface area contributed by atoms with Crippen LogP contribution in [0.1, 0.15) is 31.5 Å². The fraction of sp³-hybridized carbons (Fsp3) is 0.467. The summed E-state index contributed by atoms with van der Waals surface area (Å²) in [5, 5.41) is 8.70. The summed E-state index contributed by atoms with van der Waals surface area (Å²) in [6.45, 7) is -0.319. The third kappa shape index (κ3) is 3.03. The van der Waals surface area contributed by atoms with E-state index >= 15 is 0 Å². The van der Waals surface area contributed by atoms with Gasteiger partial charge in [0.15, 0.2) is 5.65 Å². The smallest absolute Gasteiger partial charge is 0.333 e. The summed E-state index contributed by atoms with van der Waals surface area (Å²) in [5.41, 5.74) is -1.18. The minimum atomic E-state index is -0.944. The molecule has 3 heterocycles. The van der Waals surface area contributed by atoms with E-state index in [1.54, 1.807) is 0 Å². The van der Waals surface area contributed by atoms with Gasteiger partial charge in [-0.3, -0.25) is 33.2 Å². The van der Waals surface area contributed by atoms with Crippen LogP contribution in [0.25, 0.3) is 11.2 Å². The van der Waals surface area contributed by atoms with Crippen LogP contribution >= 0.6 is 0 Å². The van der Waals surface area contributed by atoms with E-state index in [4.69, 9.17) is 5.11 Å². The Labute approximate surface area is 145 Å². The van der Waals surface area contributed by atoms with Crippen molar-refractivity contribution in [1.29, 1.82) is 0 Å². The summed E-state index contributed by atoms with van der Waals surface area (Å²) >= 11 is 0. The molecule has 0 spiro atoms. The first-order valence-electron chi connectivity index (χ1n) is 8.03. The molecule has 2 aromatic heterocycles. The van der Waals surface area contributed by atoms with E-state index in [-0.39, 0.29) is 55.3 Å². The number of rotatable bonds is 6. The number of carboxylic acids is 1. The number of nitrogens with one attached hydrogen (secondary N) is 1. The van der Waals surface area contributed by atoms with Gasteiger partial charge in [0.1, 0.15) is 18.0 Å². The van der Waals surface area contributed by atoms with E-state index in [0.29, 0.717) is 12.2 Å². The maximum Gasteiger partial charge on any atom is 0.333 e. The van der Waals surface area contributed by atoms with Gasteiger partial charge in [0, 0.05) is 32.7 Å². The van der Waals surface area contributed by atoms with E-state index in [1.165, 1.54) is 7.05 Å². The van der Waals surface area contributed by atoms with Crippen LogP contribution in [0.2, 0.25) is 0 Å². The van der Waals surface area contributed by atoms with Crippen molar-refractivity contribution in [2.24, 2.45) is 7.05 Å². The number of aryl methyl sites for hydroxylation is 1. The zero-order valence-electron chi connectivity index (χ0n) is 14.0. The monoisotopic (exact) mass is 363 g/mol. The normalized spacial score (nSPS) is 14.6. The van der Waals surface area contributed by atoms with Crippen LogP contribution in [0.4, 0.5) is 0 Å². The first kappa shape index (κ1) is 17.6. The molecule has 0 unspecified atom stereocenters. The molecule has 0 radical (unpaired) electrons. The van der Waals surface area contributed by atoms with Crippen molar-refractivity contribution in [2.75, 3.05) is 0 Å². The van der Waals surface area contributed by atoms with Crippen molar-refractivity contribution in [3.63, 3.8) is 0 Å². The number of hydrogen-bond acceptors (Lipinski definition) is 6. The molecule has 1 fully saturated rings. The quantitative estimate of drug-likeness (QED) is 0.621. The lowest BCUT2D eigenvalue weighted by Gasteiger charge is -2.16. The molecule has 2 N–H and O–H groups in total. The number of amides is 2. The number of carbonyl (C=O) groups excluding carboxylic acids is 2. The highest BCUT2D eigenvalue weighted by Crippen LogP contribution is 2.14. The third-order valence-electron chi connectivity index (χ3n) is 4.27. The summed E-state index contributed by atoms with van der Waals surface area (Å²) in [6, 6.07) is 0. The molecular formula is C15H17N5O6. The Hall–Kier alpha value is -3.24. The minimum absolute atomic E-state index is 0.0379. The van der Waals surface area contributed by atoms with E-state index in [0.717, 1.165) is 14.0 Å². The topological polar surface area (TPSA) is 147 Å². The molecule has 0 saturated carbocycles. The first-order valence-corrected chi connectivity index (χ1v) is 8.03. The summed E-state index contributed by atoms with van der Waals surface area (Å²) < 4.78 is 1.96. The van der Waals surface area contributed by atoms with Crippen molar-refractivity contribution in [1.82, 2.24) is 24.0 Å². The molecule has 11 nitrogen and oxygen atoms in total. The van der Waals surface area contributed by atoms with E-state index in [9.17, 15) is 24.0 Å². The number of fused-ring (bicyclic) bond motifs is 1. The number of hydrogen-bond donors (Lipinski definition) is 2. The Bertz CT molecular complexity index is 1010. The van der Waals surface area contributed by atoms with Crippen LogP contribution in [0.3, 0.4) is 0 Å². The van der Waals surface area contributed by atoms with Crippen molar-refractivity contribution in [3.8, 4) is 0 Å². The molecule has 0 atom stereocenters. The van der Waals surface area contributed by atoms with Crippen molar-refractivity contribution < 1.29 is 19.5 Å².